The van der Waals surface area contributed by atoms with Crippen LogP contribution in [0.2, 0.25) is 0 Å². The number of nitrogens with one attached hydrogen (secondary N) is 1. The van der Waals surface area contributed by atoms with E-state index in [2.05, 4.69) is 10.3 Å². The number of thioether (sulfide) groups is 2. The molecule has 2 atom stereocenters. The van der Waals surface area contributed by atoms with Crippen molar-refractivity contribution < 1.29 is 29.0 Å². The highest BCUT2D eigenvalue weighted by molar-refractivity contribution is 8.00. The van der Waals surface area contributed by atoms with Gasteiger partial charge < -0.3 is 20.0 Å². The van der Waals surface area contributed by atoms with Crippen molar-refractivity contribution in [2.75, 3.05) is 18.1 Å². The van der Waals surface area contributed by atoms with Crippen LogP contribution in [0.4, 0.5) is 0 Å². The Kier molecular flexibility index (Phi) is 6.25. The average Bonchev–Trinajstić information content (AvgIpc) is 2.68. The normalized spacial score (nSPS) is 20.9. The van der Waals surface area contributed by atoms with Crippen LogP contribution in [-0.4, -0.2) is 63.2 Å². The van der Waals surface area contributed by atoms with Crippen LogP contribution in [0.3, 0.4) is 0 Å². The molecular weight excluding hydrogens is 406 g/mol. The first kappa shape index (κ1) is 20.2. The fourth-order valence-corrected chi connectivity index (χ4v) is 4.79. The Morgan fingerprint density at radius 2 is 2.11 bits per heavy atom. The smallest absolute Gasteiger partial charge is 0.302 e. The van der Waals surface area contributed by atoms with Crippen LogP contribution in [0.15, 0.2) is 40.7 Å². The summed E-state index contributed by atoms with van der Waals surface area (Å²) >= 11 is 2.60. The number of carbonyl (C=O) groups excluding carboxylic acids is 4. The number of hydrogen-bond acceptors (Lipinski definition) is 9. The van der Waals surface area contributed by atoms with E-state index in [4.69, 9.17) is 4.74 Å². The van der Waals surface area contributed by atoms with Crippen molar-refractivity contribution in [3.63, 3.8) is 0 Å². The molecule has 0 radical (unpaired) electrons. The van der Waals surface area contributed by atoms with Crippen LogP contribution in [0.25, 0.3) is 0 Å². The zero-order valence-electron chi connectivity index (χ0n) is 14.7. The monoisotopic (exact) mass is 422 g/mol. The van der Waals surface area contributed by atoms with E-state index in [1.165, 1.54) is 30.4 Å². The molecule has 0 aromatic carbocycles. The number of fused-ring (bicyclic) bond motifs is 1. The number of aliphatic carboxylic acids is 1. The lowest BCUT2D eigenvalue weighted by Gasteiger charge is -2.50. The van der Waals surface area contributed by atoms with Gasteiger partial charge in [-0.25, -0.2) is 0 Å². The number of hydrogen-bond donors (Lipinski definition) is 1. The summed E-state index contributed by atoms with van der Waals surface area (Å²) in [5, 5.41) is 13.6. The molecule has 0 spiro atoms. The summed E-state index contributed by atoms with van der Waals surface area (Å²) in [6.45, 7) is 0.990. The second kappa shape index (κ2) is 8.65. The third-order valence-corrected chi connectivity index (χ3v) is 6.38. The summed E-state index contributed by atoms with van der Waals surface area (Å²) in [7, 11) is 0. The SMILES string of the molecule is CC(=O)OCC1=C(C(=O)[O-])N2C(=O)[C@@H](NC(=O)CSc3ccncc3)[C@H]2SC1. The Balaban J connectivity index is 1.62. The lowest BCUT2D eigenvalue weighted by Crippen LogP contribution is -2.71. The maximum atomic E-state index is 12.5. The van der Waals surface area contributed by atoms with Crippen LogP contribution in [0.5, 0.6) is 0 Å². The van der Waals surface area contributed by atoms with E-state index in [9.17, 15) is 24.3 Å². The molecule has 2 aliphatic heterocycles. The topological polar surface area (TPSA) is 129 Å². The Labute approximate surface area is 168 Å². The molecule has 3 heterocycles. The first-order valence-corrected chi connectivity index (χ1v) is 10.3. The number of nitrogens with zero attached hydrogens (tertiary/aromatic N) is 2. The van der Waals surface area contributed by atoms with Crippen molar-refractivity contribution in [1.29, 1.82) is 0 Å². The van der Waals surface area contributed by atoms with Crippen molar-refractivity contribution in [2.45, 2.75) is 23.2 Å². The number of esters is 1. The minimum absolute atomic E-state index is 0.117. The maximum absolute atomic E-state index is 12.5. The second-order valence-electron chi connectivity index (χ2n) is 5.95. The van der Waals surface area contributed by atoms with Gasteiger partial charge in [0.2, 0.25) is 5.91 Å². The molecule has 2 amide bonds. The second-order valence-corrected chi connectivity index (χ2v) is 8.10. The van der Waals surface area contributed by atoms with Crippen molar-refractivity contribution in [1.82, 2.24) is 15.2 Å². The van der Waals surface area contributed by atoms with Crippen LogP contribution in [0, 0.1) is 0 Å². The molecule has 9 nitrogen and oxygen atoms in total. The van der Waals surface area contributed by atoms with E-state index in [-0.39, 0.29) is 29.7 Å². The molecule has 2 aliphatic rings. The number of carboxylic acid groups (broad SMARTS) is 1. The highest BCUT2D eigenvalue weighted by Crippen LogP contribution is 2.40. The quantitative estimate of drug-likeness (QED) is 0.339. The van der Waals surface area contributed by atoms with Crippen molar-refractivity contribution in [3.05, 3.63) is 35.8 Å². The van der Waals surface area contributed by atoms with Gasteiger partial charge in [-0.15, -0.1) is 23.5 Å². The van der Waals surface area contributed by atoms with Gasteiger partial charge in [0.05, 0.1) is 17.4 Å². The maximum Gasteiger partial charge on any atom is 0.302 e. The number of rotatable bonds is 7. The largest absolute Gasteiger partial charge is 0.543 e. The molecule has 11 heteroatoms. The highest BCUT2D eigenvalue weighted by Gasteiger charge is 2.52. The minimum atomic E-state index is -1.51. The molecule has 0 unspecified atom stereocenters. The molecule has 0 saturated carbocycles. The van der Waals surface area contributed by atoms with E-state index in [0.717, 1.165) is 9.80 Å². The van der Waals surface area contributed by atoms with Gasteiger partial charge in [-0.1, -0.05) is 0 Å². The molecular formula is C17H16N3O6S2-. The summed E-state index contributed by atoms with van der Waals surface area (Å²) in [6, 6.07) is 2.74. The number of pyridine rings is 1. The minimum Gasteiger partial charge on any atom is -0.543 e. The van der Waals surface area contributed by atoms with Crippen molar-refractivity contribution in [2.24, 2.45) is 0 Å². The lowest BCUT2D eigenvalue weighted by molar-refractivity contribution is -0.301. The Hall–Kier alpha value is -2.53. The molecule has 1 saturated heterocycles. The van der Waals surface area contributed by atoms with E-state index in [0.29, 0.717) is 5.57 Å². The van der Waals surface area contributed by atoms with Gasteiger partial charge in [0, 0.05) is 35.5 Å². The van der Waals surface area contributed by atoms with E-state index >= 15 is 0 Å². The molecule has 0 bridgehead atoms. The number of carboxylic acids is 1. The van der Waals surface area contributed by atoms with Gasteiger partial charge in [0.25, 0.3) is 5.91 Å². The summed E-state index contributed by atoms with van der Waals surface area (Å²) in [5.74, 6) is -2.55. The molecule has 1 aromatic heterocycles. The summed E-state index contributed by atoms with van der Waals surface area (Å²) in [5.41, 5.74) is 0.00878. The average molecular weight is 422 g/mol. The number of aromatic nitrogens is 1. The van der Waals surface area contributed by atoms with Gasteiger partial charge in [0.15, 0.2) is 0 Å². The number of β-lactam (4-membered cyclic amide) rings is 1. The molecule has 1 aromatic rings. The van der Waals surface area contributed by atoms with Crippen LogP contribution >= 0.6 is 23.5 Å². The van der Waals surface area contributed by atoms with Gasteiger partial charge in [-0.05, 0) is 12.1 Å². The Bertz CT molecular complexity index is 845. The molecule has 148 valence electrons. The zero-order chi connectivity index (χ0) is 20.3. The third kappa shape index (κ3) is 4.30. The summed E-state index contributed by atoms with van der Waals surface area (Å²) in [6.07, 6.45) is 3.24. The standard InChI is InChI=1S/C17H17N3O6S2/c1-9(21)26-6-10-7-28-16-13(15(23)20(16)14(10)17(24)25)19-12(22)8-27-11-2-4-18-5-3-11/h2-5,13,16H,6-8H2,1H3,(H,19,22)(H,24,25)/p-1/t13-,16-/m1/s1. The van der Waals surface area contributed by atoms with Crippen LogP contribution in [-0.2, 0) is 23.9 Å². The predicted molar refractivity (Wildman–Crippen MR) is 98.6 cm³/mol. The fourth-order valence-electron chi connectivity index (χ4n) is 2.77. The predicted octanol–water partition coefficient (Wildman–Crippen LogP) is -0.859. The molecule has 1 N–H and O–H groups in total. The van der Waals surface area contributed by atoms with Gasteiger partial charge >= 0.3 is 5.97 Å². The van der Waals surface area contributed by atoms with Crippen LogP contribution in [0.1, 0.15) is 6.92 Å². The highest BCUT2D eigenvalue weighted by atomic mass is 32.2. The van der Waals surface area contributed by atoms with Crippen LogP contribution < -0.4 is 10.4 Å². The number of amides is 2. The lowest BCUT2D eigenvalue weighted by atomic mass is 10.0. The first-order valence-electron chi connectivity index (χ1n) is 8.22. The number of ether oxygens (including phenoxy) is 1. The Morgan fingerprint density at radius 3 is 2.75 bits per heavy atom. The van der Waals surface area contributed by atoms with Gasteiger partial charge in [0.1, 0.15) is 18.0 Å². The summed E-state index contributed by atoms with van der Waals surface area (Å²) in [4.78, 5) is 53.0. The Morgan fingerprint density at radius 1 is 1.39 bits per heavy atom. The molecule has 3 rings (SSSR count). The van der Waals surface area contributed by atoms with E-state index in [1.807, 2.05) is 0 Å². The molecule has 1 fully saturated rings. The van der Waals surface area contributed by atoms with Gasteiger partial charge in [-0.3, -0.25) is 24.3 Å². The van der Waals surface area contributed by atoms with Crippen molar-refractivity contribution in [3.8, 4) is 0 Å². The first-order chi connectivity index (χ1) is 13.4. The zero-order valence-corrected chi connectivity index (χ0v) is 16.4. The molecule has 0 aliphatic carbocycles. The third-order valence-electron chi connectivity index (χ3n) is 4.03. The van der Waals surface area contributed by atoms with Crippen molar-refractivity contribution >= 4 is 47.3 Å². The van der Waals surface area contributed by atoms with E-state index in [1.54, 1.807) is 24.5 Å². The van der Waals surface area contributed by atoms with E-state index < -0.39 is 29.3 Å². The molecule has 28 heavy (non-hydrogen) atoms. The fraction of sp³-hybridized carbons (Fsp3) is 0.353. The van der Waals surface area contributed by atoms with Gasteiger partial charge in [-0.2, -0.15) is 0 Å². The number of carbonyl (C=O) groups is 4. The summed E-state index contributed by atoms with van der Waals surface area (Å²) < 4.78 is 4.85.